The third-order valence-corrected chi connectivity index (χ3v) is 16.9. The highest BCUT2D eigenvalue weighted by Crippen LogP contribution is 2.75. The van der Waals surface area contributed by atoms with Gasteiger partial charge in [-0.3, -0.25) is 4.79 Å². The summed E-state index contributed by atoms with van der Waals surface area (Å²) in [6, 6.07) is -0.318. The van der Waals surface area contributed by atoms with E-state index in [1.165, 1.54) is 5.57 Å². The second-order valence-electron chi connectivity index (χ2n) is 18.7. The van der Waals surface area contributed by atoms with Crippen LogP contribution >= 0.6 is 11.8 Å². The van der Waals surface area contributed by atoms with Crippen LogP contribution in [0.4, 0.5) is 5.95 Å². The number of rotatable bonds is 8. The molecule has 6 N–H and O–H groups in total. The number of nitrogen functional groups attached to an aromatic ring is 1. The molecule has 6 rings (SSSR count). The highest BCUT2D eigenvalue weighted by atomic mass is 32.2. The molecule has 1 saturated heterocycles. The van der Waals surface area contributed by atoms with Crippen molar-refractivity contribution in [1.82, 2.24) is 20.2 Å². The Hall–Kier alpha value is -1.69. The summed E-state index contributed by atoms with van der Waals surface area (Å²) < 4.78 is 6.98. The van der Waals surface area contributed by atoms with Crippen LogP contribution in [0.1, 0.15) is 120 Å². The Morgan fingerprint density at radius 2 is 1.73 bits per heavy atom. The molecular weight excluding hydrogens is 637 g/mol. The van der Waals surface area contributed by atoms with Crippen molar-refractivity contribution < 1.29 is 19.7 Å². The Balaban J connectivity index is 1.45. The zero-order valence-electron chi connectivity index (χ0n) is 31.5. The standard InChI is InChI=1S/C38H64N6O4S/c1-22(2)23(3)34(7)14-15-35(8)25-10-11-28-33(5,6)30(48-21-37(40)16-18-49-19-17-37)27(44-42-32(39)41-43-44)20-38(28,24(4)45)26(25)12-13-36(35,9)29(34)31(46)47/h12,22-25,27-30,45H,10-11,13-21,40H2,1-9H3,(H2,39,42)(H,46,47)/t23-,24+,25+,27-,28+,29-,30+,34-,35-,36+,38+/m1/s1. The van der Waals surface area contributed by atoms with Crippen molar-refractivity contribution in [2.24, 2.45) is 62.4 Å². The Kier molecular flexibility index (Phi) is 9.44. The van der Waals surface area contributed by atoms with Gasteiger partial charge in [0, 0.05) is 11.0 Å². The fourth-order valence-corrected chi connectivity index (χ4v) is 13.9. The lowest BCUT2D eigenvalue weighted by Gasteiger charge is -2.70. The minimum atomic E-state index is -0.665. The van der Waals surface area contributed by atoms with Crippen molar-refractivity contribution >= 4 is 23.7 Å². The molecular formula is C38H64N6O4S. The number of aromatic nitrogens is 4. The maximum absolute atomic E-state index is 13.5. The molecule has 1 aromatic rings. The number of nitrogens with zero attached hydrogens (tertiary/aromatic N) is 4. The molecule has 5 aliphatic rings. The molecule has 0 amide bonds. The van der Waals surface area contributed by atoms with Gasteiger partial charge >= 0.3 is 5.97 Å². The molecule has 11 heteroatoms. The Morgan fingerprint density at radius 1 is 1.06 bits per heavy atom. The number of hydrogen-bond acceptors (Lipinski definition) is 9. The van der Waals surface area contributed by atoms with Crippen LogP contribution in [-0.2, 0) is 9.53 Å². The summed E-state index contributed by atoms with van der Waals surface area (Å²) in [5.41, 5.74) is 12.0. The average Bonchev–Trinajstić information content (AvgIpc) is 3.46. The zero-order chi connectivity index (χ0) is 35.9. The number of anilines is 1. The number of hydrogen-bond donors (Lipinski definition) is 4. The summed E-state index contributed by atoms with van der Waals surface area (Å²) in [6.45, 7) is 20.6. The molecule has 0 radical (unpaired) electrons. The highest BCUT2D eigenvalue weighted by molar-refractivity contribution is 7.99. The van der Waals surface area contributed by atoms with E-state index >= 15 is 0 Å². The van der Waals surface area contributed by atoms with Crippen LogP contribution in [0.3, 0.4) is 0 Å². The van der Waals surface area contributed by atoms with Crippen LogP contribution in [-0.4, -0.2) is 72.2 Å². The number of aliphatic carboxylic acids is 1. The van der Waals surface area contributed by atoms with E-state index < -0.39 is 28.8 Å². The molecule has 11 atom stereocenters. The molecule has 1 aliphatic heterocycles. The lowest BCUT2D eigenvalue weighted by atomic mass is 9.34. The van der Waals surface area contributed by atoms with Crippen LogP contribution in [0.15, 0.2) is 11.6 Å². The number of allylic oxidation sites excluding steroid dienone is 1. The van der Waals surface area contributed by atoms with E-state index in [0.717, 1.165) is 50.0 Å². The third-order valence-electron chi connectivity index (χ3n) is 15.9. The van der Waals surface area contributed by atoms with Gasteiger partial charge in [0.1, 0.15) is 6.04 Å². The van der Waals surface area contributed by atoms with Crippen molar-refractivity contribution in [3.63, 3.8) is 0 Å². The average molecular weight is 701 g/mol. The number of carboxylic acids is 1. The van der Waals surface area contributed by atoms with Gasteiger partial charge < -0.3 is 26.4 Å². The minimum absolute atomic E-state index is 0.117. The van der Waals surface area contributed by atoms with Gasteiger partial charge in [-0.25, -0.2) is 0 Å². The van der Waals surface area contributed by atoms with Gasteiger partial charge in [0.05, 0.1) is 24.7 Å². The van der Waals surface area contributed by atoms with Crippen LogP contribution in [0.2, 0.25) is 0 Å². The van der Waals surface area contributed by atoms with Crippen molar-refractivity contribution in [3.05, 3.63) is 11.6 Å². The lowest BCUT2D eigenvalue weighted by Crippen LogP contribution is -2.67. The van der Waals surface area contributed by atoms with E-state index in [1.807, 2.05) is 18.7 Å². The molecule has 276 valence electrons. The first-order chi connectivity index (χ1) is 22.8. The molecule has 10 nitrogen and oxygen atoms in total. The number of fused-ring (bicyclic) bond motifs is 5. The van der Waals surface area contributed by atoms with E-state index in [9.17, 15) is 15.0 Å². The van der Waals surface area contributed by atoms with E-state index in [-0.39, 0.29) is 57.6 Å². The largest absolute Gasteiger partial charge is 0.481 e. The van der Waals surface area contributed by atoms with Gasteiger partial charge in [0.25, 0.3) is 5.95 Å². The topological polar surface area (TPSA) is 162 Å². The molecule has 0 spiro atoms. The van der Waals surface area contributed by atoms with Crippen molar-refractivity contribution in [2.45, 2.75) is 137 Å². The summed E-state index contributed by atoms with van der Waals surface area (Å²) in [6.07, 6.45) is 8.33. The fraction of sp³-hybridized carbons (Fsp3) is 0.895. The zero-order valence-corrected chi connectivity index (χ0v) is 32.4. The van der Waals surface area contributed by atoms with Crippen LogP contribution in [0.25, 0.3) is 0 Å². The fourth-order valence-electron chi connectivity index (χ4n) is 12.6. The van der Waals surface area contributed by atoms with Crippen LogP contribution in [0, 0.1) is 56.7 Å². The van der Waals surface area contributed by atoms with Gasteiger partial charge in [-0.05, 0) is 120 Å². The molecule has 0 unspecified atom stereocenters. The van der Waals surface area contributed by atoms with Crippen LogP contribution in [0.5, 0.6) is 0 Å². The lowest BCUT2D eigenvalue weighted by molar-refractivity contribution is -0.216. The summed E-state index contributed by atoms with van der Waals surface area (Å²) in [4.78, 5) is 15.1. The molecule has 2 heterocycles. The van der Waals surface area contributed by atoms with Gasteiger partial charge in [-0.15, -0.1) is 5.10 Å². The Bertz CT molecular complexity index is 1440. The quantitative estimate of drug-likeness (QED) is 0.224. The predicted molar refractivity (Wildman–Crippen MR) is 195 cm³/mol. The number of thioether (sulfide) groups is 1. The van der Waals surface area contributed by atoms with E-state index in [2.05, 4.69) is 76.9 Å². The first-order valence-corrected chi connectivity index (χ1v) is 20.1. The maximum atomic E-state index is 13.5. The number of carboxylic acid groups (broad SMARTS) is 1. The monoisotopic (exact) mass is 700 g/mol. The Labute approximate surface area is 298 Å². The van der Waals surface area contributed by atoms with E-state index in [1.54, 1.807) is 4.80 Å². The van der Waals surface area contributed by atoms with E-state index in [4.69, 9.17) is 16.2 Å². The SMILES string of the molecule is CC(C)[C@@H](C)[C@@]1(C)CC[C@]2(C)[C@H]3CC[C@H]4C(C)(C)[C@@H](OCC5(N)CCSCC5)[C@H](n5nnc(N)n5)C[C@]4([C@H](C)O)C3=CC[C@@]2(C)[C@@H]1C(=O)O. The molecule has 1 aromatic heterocycles. The number of aliphatic hydroxyl groups excluding tert-OH is 1. The smallest absolute Gasteiger partial charge is 0.307 e. The number of nitrogens with two attached hydrogens (primary N) is 2. The highest BCUT2D eigenvalue weighted by Gasteiger charge is 2.71. The van der Waals surface area contributed by atoms with Crippen molar-refractivity contribution in [1.29, 1.82) is 0 Å². The van der Waals surface area contributed by atoms with Crippen LogP contribution < -0.4 is 11.5 Å². The molecule has 0 aromatic carbocycles. The van der Waals surface area contributed by atoms with Crippen molar-refractivity contribution in [3.8, 4) is 0 Å². The first-order valence-electron chi connectivity index (χ1n) is 18.9. The van der Waals surface area contributed by atoms with Gasteiger partial charge in [-0.2, -0.15) is 16.6 Å². The second kappa shape index (κ2) is 12.5. The van der Waals surface area contributed by atoms with Crippen molar-refractivity contribution in [2.75, 3.05) is 23.8 Å². The maximum Gasteiger partial charge on any atom is 0.307 e. The second-order valence-corrected chi connectivity index (χ2v) is 19.9. The number of aliphatic hydroxyl groups is 1. The minimum Gasteiger partial charge on any atom is -0.481 e. The normalized spacial score (nSPS) is 42.7. The van der Waals surface area contributed by atoms with Gasteiger partial charge in [-0.1, -0.05) is 72.1 Å². The first kappa shape index (κ1) is 37.1. The number of carbonyl (C=O) groups is 1. The summed E-state index contributed by atoms with van der Waals surface area (Å²) in [7, 11) is 0. The summed E-state index contributed by atoms with van der Waals surface area (Å²) >= 11 is 1.95. The molecule has 3 saturated carbocycles. The molecule has 49 heavy (non-hydrogen) atoms. The molecule has 0 bridgehead atoms. The summed E-state index contributed by atoms with van der Waals surface area (Å²) in [5, 5.41) is 36.3. The third kappa shape index (κ3) is 5.44. The number of tetrazole rings is 1. The summed E-state index contributed by atoms with van der Waals surface area (Å²) in [5.74, 6) is 2.02. The number of ether oxygens (including phenoxy) is 1. The molecule has 4 aliphatic carbocycles. The predicted octanol–water partition coefficient (Wildman–Crippen LogP) is 6.37. The van der Waals surface area contributed by atoms with E-state index in [0.29, 0.717) is 25.4 Å². The molecule has 4 fully saturated rings. The van der Waals surface area contributed by atoms with Gasteiger partial charge in [0.15, 0.2) is 0 Å². The van der Waals surface area contributed by atoms with Gasteiger partial charge in [0.2, 0.25) is 0 Å². The Morgan fingerprint density at radius 3 is 2.31 bits per heavy atom.